The van der Waals surface area contributed by atoms with Crippen LogP contribution in [0.2, 0.25) is 0 Å². The molecule has 1 amide bonds. The molecule has 0 bridgehead atoms. The fourth-order valence-electron chi connectivity index (χ4n) is 4.62. The second-order valence-electron chi connectivity index (χ2n) is 9.29. The number of ether oxygens (including phenoxy) is 2. The highest BCUT2D eigenvalue weighted by atomic mass is 16.5. The van der Waals surface area contributed by atoms with Crippen molar-refractivity contribution in [2.75, 3.05) is 33.3 Å². The number of likely N-dealkylation sites (N-methyl/N-ethyl adjacent to an activating group) is 1. The summed E-state index contributed by atoms with van der Waals surface area (Å²) in [5, 5.41) is 11.4. The summed E-state index contributed by atoms with van der Waals surface area (Å²) >= 11 is 0. The zero-order valence-electron chi connectivity index (χ0n) is 22.4. The third-order valence-corrected chi connectivity index (χ3v) is 6.67. The summed E-state index contributed by atoms with van der Waals surface area (Å²) in [4.78, 5) is 41.6. The molecule has 8 heteroatoms. The first-order chi connectivity index (χ1) is 17.6. The average Bonchev–Trinajstić information content (AvgIpc) is 3.13. The van der Waals surface area contributed by atoms with Crippen LogP contribution in [0, 0.1) is 0 Å². The summed E-state index contributed by atoms with van der Waals surface area (Å²) in [6.07, 6.45) is 0. The lowest BCUT2D eigenvalue weighted by Gasteiger charge is -2.28. The zero-order chi connectivity index (χ0) is 27.3. The third-order valence-electron chi connectivity index (χ3n) is 6.67. The number of aliphatic hydroxyl groups is 1. The number of aliphatic hydroxyl groups excluding tert-OH is 1. The number of rotatable bonds is 10. The Balaban J connectivity index is 2.13. The maximum Gasteiger partial charge on any atom is 0.308 e. The van der Waals surface area contributed by atoms with Gasteiger partial charge in [-0.1, -0.05) is 39.8 Å². The molecule has 198 valence electrons. The number of benzene rings is 2. The van der Waals surface area contributed by atoms with Crippen molar-refractivity contribution in [2.45, 2.75) is 46.6 Å². The van der Waals surface area contributed by atoms with Crippen molar-refractivity contribution < 1.29 is 29.0 Å². The van der Waals surface area contributed by atoms with Crippen LogP contribution >= 0.6 is 0 Å². The summed E-state index contributed by atoms with van der Waals surface area (Å²) in [6.45, 7) is 11.9. The number of amides is 1. The van der Waals surface area contributed by atoms with E-state index in [1.807, 2.05) is 27.7 Å². The van der Waals surface area contributed by atoms with Gasteiger partial charge in [-0.3, -0.25) is 14.4 Å². The van der Waals surface area contributed by atoms with Gasteiger partial charge in [0, 0.05) is 25.6 Å². The Morgan fingerprint density at radius 2 is 1.73 bits per heavy atom. The van der Waals surface area contributed by atoms with Gasteiger partial charge >= 0.3 is 5.97 Å². The quantitative estimate of drug-likeness (QED) is 0.166. The van der Waals surface area contributed by atoms with Crippen LogP contribution in [0.4, 0.5) is 0 Å². The van der Waals surface area contributed by atoms with Gasteiger partial charge in [0.1, 0.15) is 17.3 Å². The van der Waals surface area contributed by atoms with E-state index in [0.29, 0.717) is 35.7 Å². The van der Waals surface area contributed by atoms with Gasteiger partial charge in [-0.15, -0.1) is 0 Å². The van der Waals surface area contributed by atoms with Crippen LogP contribution in [0.15, 0.2) is 48.0 Å². The minimum atomic E-state index is -0.786. The van der Waals surface area contributed by atoms with Crippen molar-refractivity contribution in [1.29, 1.82) is 0 Å². The van der Waals surface area contributed by atoms with E-state index in [0.717, 1.165) is 18.7 Å². The SMILES string of the molecule is CCN(CC)CCN1C(=O)C(=O)/C(=C(\O)c2ccc(OC)c(C(C)C)c2)C1c1ccc(OC(C)=O)cc1. The van der Waals surface area contributed by atoms with Crippen LogP contribution in [-0.4, -0.2) is 65.9 Å². The van der Waals surface area contributed by atoms with E-state index in [4.69, 9.17) is 9.47 Å². The van der Waals surface area contributed by atoms with Gasteiger partial charge in [0.25, 0.3) is 11.7 Å². The monoisotopic (exact) mass is 508 g/mol. The molecular formula is C29H36N2O6. The summed E-state index contributed by atoms with van der Waals surface area (Å²) < 4.78 is 10.6. The molecule has 2 aromatic carbocycles. The molecule has 1 saturated heterocycles. The van der Waals surface area contributed by atoms with Crippen molar-refractivity contribution in [3.8, 4) is 11.5 Å². The Labute approximate surface area is 218 Å². The van der Waals surface area contributed by atoms with Crippen molar-refractivity contribution in [3.63, 3.8) is 0 Å². The van der Waals surface area contributed by atoms with Gasteiger partial charge in [-0.05, 0) is 60.5 Å². The standard InChI is InChI=1S/C29H36N2O6/c1-7-30(8-2)15-16-31-26(20-9-12-22(13-10-20)37-19(5)32)25(28(34)29(31)35)27(33)21-11-14-24(36-6)23(17-21)18(3)4/h9-14,17-18,26,33H,7-8,15-16H2,1-6H3/b27-25-. The number of likely N-dealkylation sites (tertiary alicyclic amines) is 1. The topological polar surface area (TPSA) is 96.4 Å². The molecule has 0 saturated carbocycles. The zero-order valence-corrected chi connectivity index (χ0v) is 22.4. The third kappa shape index (κ3) is 6.02. The Bertz CT molecular complexity index is 1180. The Kier molecular flexibility index (Phi) is 9.10. The van der Waals surface area contributed by atoms with E-state index < -0.39 is 23.7 Å². The van der Waals surface area contributed by atoms with Crippen molar-refractivity contribution in [3.05, 3.63) is 64.7 Å². The molecule has 2 aromatic rings. The molecule has 0 radical (unpaired) electrons. The van der Waals surface area contributed by atoms with E-state index in [1.54, 1.807) is 49.6 Å². The van der Waals surface area contributed by atoms with Crippen LogP contribution in [0.25, 0.3) is 5.76 Å². The van der Waals surface area contributed by atoms with E-state index in [-0.39, 0.29) is 17.3 Å². The molecule has 37 heavy (non-hydrogen) atoms. The molecule has 1 aliphatic heterocycles. The molecule has 1 aliphatic rings. The summed E-state index contributed by atoms with van der Waals surface area (Å²) in [6, 6.07) is 11.1. The first-order valence-corrected chi connectivity index (χ1v) is 12.6. The summed E-state index contributed by atoms with van der Waals surface area (Å²) in [5.41, 5.74) is 1.98. The van der Waals surface area contributed by atoms with E-state index in [9.17, 15) is 19.5 Å². The number of carbonyl (C=O) groups excluding carboxylic acids is 3. The van der Waals surface area contributed by atoms with Crippen molar-refractivity contribution in [1.82, 2.24) is 9.80 Å². The maximum atomic E-state index is 13.3. The molecular weight excluding hydrogens is 472 g/mol. The molecule has 1 heterocycles. The minimum Gasteiger partial charge on any atom is -0.507 e. The molecule has 0 aliphatic carbocycles. The van der Waals surface area contributed by atoms with Gasteiger partial charge < -0.3 is 24.4 Å². The van der Waals surface area contributed by atoms with Crippen molar-refractivity contribution in [2.24, 2.45) is 0 Å². The van der Waals surface area contributed by atoms with E-state index in [1.165, 1.54) is 11.8 Å². The Morgan fingerprint density at radius 1 is 1.08 bits per heavy atom. The highest BCUT2D eigenvalue weighted by Crippen LogP contribution is 2.40. The van der Waals surface area contributed by atoms with E-state index >= 15 is 0 Å². The predicted octanol–water partition coefficient (Wildman–Crippen LogP) is 4.51. The van der Waals surface area contributed by atoms with Crippen LogP contribution in [-0.2, 0) is 14.4 Å². The van der Waals surface area contributed by atoms with E-state index in [2.05, 4.69) is 4.90 Å². The fourth-order valence-corrected chi connectivity index (χ4v) is 4.62. The number of carbonyl (C=O) groups is 3. The second-order valence-corrected chi connectivity index (χ2v) is 9.29. The number of ketones is 1. The smallest absolute Gasteiger partial charge is 0.308 e. The first-order valence-electron chi connectivity index (χ1n) is 12.6. The number of hydrogen-bond donors (Lipinski definition) is 1. The number of hydrogen-bond acceptors (Lipinski definition) is 7. The van der Waals surface area contributed by atoms with Gasteiger partial charge in [0.15, 0.2) is 0 Å². The summed E-state index contributed by atoms with van der Waals surface area (Å²) in [7, 11) is 1.58. The summed E-state index contributed by atoms with van der Waals surface area (Å²) in [5.74, 6) is -0.907. The van der Waals surface area contributed by atoms with Gasteiger partial charge in [0.2, 0.25) is 0 Å². The fraction of sp³-hybridized carbons (Fsp3) is 0.414. The van der Waals surface area contributed by atoms with Crippen LogP contribution in [0.5, 0.6) is 11.5 Å². The average molecular weight is 509 g/mol. The van der Waals surface area contributed by atoms with Crippen LogP contribution < -0.4 is 9.47 Å². The number of Topliss-reactive ketones (excluding diaryl/α,β-unsaturated/α-hetero) is 1. The van der Waals surface area contributed by atoms with Crippen molar-refractivity contribution >= 4 is 23.4 Å². The number of esters is 1. The largest absolute Gasteiger partial charge is 0.507 e. The second kappa shape index (κ2) is 12.1. The lowest BCUT2D eigenvalue weighted by atomic mass is 9.93. The van der Waals surface area contributed by atoms with Gasteiger partial charge in [-0.25, -0.2) is 0 Å². The number of methoxy groups -OCH3 is 1. The minimum absolute atomic E-state index is 0.0321. The predicted molar refractivity (Wildman–Crippen MR) is 142 cm³/mol. The number of nitrogens with zero attached hydrogens (tertiary/aromatic N) is 2. The molecule has 8 nitrogen and oxygen atoms in total. The molecule has 1 fully saturated rings. The lowest BCUT2D eigenvalue weighted by molar-refractivity contribution is -0.140. The van der Waals surface area contributed by atoms with Gasteiger partial charge in [-0.2, -0.15) is 0 Å². The highest BCUT2D eigenvalue weighted by molar-refractivity contribution is 6.46. The molecule has 0 aromatic heterocycles. The molecule has 3 rings (SSSR count). The normalized spacial score (nSPS) is 17.1. The first kappa shape index (κ1) is 27.9. The van der Waals surface area contributed by atoms with Crippen LogP contribution in [0.1, 0.15) is 63.3 Å². The molecule has 0 spiro atoms. The lowest BCUT2D eigenvalue weighted by Crippen LogP contribution is -2.38. The van der Waals surface area contributed by atoms with Gasteiger partial charge in [0.05, 0.1) is 18.7 Å². The Hall–Kier alpha value is -3.65. The molecule has 1 N–H and O–H groups in total. The Morgan fingerprint density at radius 3 is 2.27 bits per heavy atom. The maximum absolute atomic E-state index is 13.3. The molecule has 1 atom stereocenters. The molecule has 1 unspecified atom stereocenters. The van der Waals surface area contributed by atoms with Crippen LogP contribution in [0.3, 0.4) is 0 Å². The highest BCUT2D eigenvalue weighted by Gasteiger charge is 2.46.